The van der Waals surface area contributed by atoms with Gasteiger partial charge in [0.15, 0.2) is 0 Å². The number of aryl methyl sites for hydroxylation is 1. The molecule has 0 aliphatic heterocycles. The van der Waals surface area contributed by atoms with Crippen molar-refractivity contribution in [1.82, 2.24) is 10.4 Å². The topological polar surface area (TPSA) is 50.9 Å². The number of nitrogens with one attached hydrogen (secondary N) is 1. The Morgan fingerprint density at radius 1 is 1.28 bits per heavy atom. The Labute approximate surface area is 106 Å². The number of pyridine rings is 1. The average molecular weight is 245 g/mol. The summed E-state index contributed by atoms with van der Waals surface area (Å²) in [6.07, 6.45) is 4.27. The molecule has 94 valence electrons. The molecular weight excluding hydrogens is 229 g/mol. The number of nitrogens with zero attached hydrogens (tertiary/aromatic N) is 1. The lowest BCUT2D eigenvalue weighted by atomic mass is 9.97. The van der Waals surface area contributed by atoms with Crippen LogP contribution in [0.1, 0.15) is 22.7 Å². The fourth-order valence-electron chi connectivity index (χ4n) is 1.99. The minimum Gasteiger partial charge on any atom is -0.271 e. The smallest absolute Gasteiger partial charge is 0.123 e. The highest BCUT2D eigenvalue weighted by Gasteiger charge is 2.12. The van der Waals surface area contributed by atoms with Crippen molar-refractivity contribution in [3.05, 3.63) is 65.2 Å². The highest BCUT2D eigenvalue weighted by Crippen LogP contribution is 2.20. The average Bonchev–Trinajstić information content (AvgIpc) is 2.39. The maximum Gasteiger partial charge on any atom is 0.123 e. The zero-order chi connectivity index (χ0) is 13.0. The molecule has 0 amide bonds. The number of hydrazine groups is 1. The van der Waals surface area contributed by atoms with Gasteiger partial charge in [-0.25, -0.2) is 4.39 Å². The minimum absolute atomic E-state index is 0.00142. The van der Waals surface area contributed by atoms with Gasteiger partial charge in [0.25, 0.3) is 0 Å². The van der Waals surface area contributed by atoms with Crippen molar-refractivity contribution in [1.29, 1.82) is 0 Å². The van der Waals surface area contributed by atoms with Gasteiger partial charge in [-0.1, -0.05) is 12.1 Å². The summed E-state index contributed by atoms with van der Waals surface area (Å²) in [6, 6.07) is 8.42. The molecule has 0 aliphatic carbocycles. The first-order valence-corrected chi connectivity index (χ1v) is 5.82. The molecule has 4 heteroatoms. The van der Waals surface area contributed by atoms with Crippen LogP contribution in [0.5, 0.6) is 0 Å². The van der Waals surface area contributed by atoms with Crippen LogP contribution in [-0.4, -0.2) is 4.98 Å². The predicted octanol–water partition coefficient (Wildman–Crippen LogP) is 2.28. The van der Waals surface area contributed by atoms with E-state index in [2.05, 4.69) is 10.4 Å². The molecule has 3 nitrogen and oxygen atoms in total. The molecule has 18 heavy (non-hydrogen) atoms. The molecule has 0 saturated carbocycles. The lowest BCUT2D eigenvalue weighted by Gasteiger charge is -2.18. The summed E-state index contributed by atoms with van der Waals surface area (Å²) in [5, 5.41) is 0. The fourth-order valence-corrected chi connectivity index (χ4v) is 1.99. The highest BCUT2D eigenvalue weighted by molar-refractivity contribution is 5.28. The lowest BCUT2D eigenvalue weighted by molar-refractivity contribution is 0.547. The number of nitrogens with two attached hydrogens (primary N) is 1. The number of rotatable bonds is 4. The van der Waals surface area contributed by atoms with Gasteiger partial charge in [-0.05, 0) is 48.2 Å². The summed E-state index contributed by atoms with van der Waals surface area (Å²) in [6.45, 7) is 2.00. The van der Waals surface area contributed by atoms with Crippen LogP contribution in [0, 0.1) is 12.7 Å². The number of aromatic nitrogens is 1. The van der Waals surface area contributed by atoms with Crippen LogP contribution in [0.25, 0.3) is 0 Å². The molecular formula is C14H16FN3. The van der Waals surface area contributed by atoms with E-state index in [1.807, 2.05) is 19.2 Å². The second-order valence-corrected chi connectivity index (χ2v) is 4.28. The summed E-state index contributed by atoms with van der Waals surface area (Å²) in [5.74, 6) is 5.38. The minimum atomic E-state index is -0.226. The van der Waals surface area contributed by atoms with Crippen LogP contribution >= 0.6 is 0 Å². The summed E-state index contributed by atoms with van der Waals surface area (Å²) in [4.78, 5) is 4.06. The van der Waals surface area contributed by atoms with Crippen LogP contribution in [0.4, 0.5) is 4.39 Å². The van der Waals surface area contributed by atoms with Gasteiger partial charge < -0.3 is 0 Å². The molecule has 2 rings (SSSR count). The van der Waals surface area contributed by atoms with Crippen molar-refractivity contribution in [2.75, 3.05) is 0 Å². The van der Waals surface area contributed by atoms with Gasteiger partial charge in [0.2, 0.25) is 0 Å². The molecule has 1 aromatic heterocycles. The summed E-state index contributed by atoms with van der Waals surface area (Å²) in [7, 11) is 0. The van der Waals surface area contributed by atoms with E-state index in [1.54, 1.807) is 18.3 Å². The third kappa shape index (κ3) is 2.91. The predicted molar refractivity (Wildman–Crippen MR) is 69.1 cm³/mol. The van der Waals surface area contributed by atoms with E-state index in [9.17, 15) is 4.39 Å². The number of hydrogen-bond donors (Lipinski definition) is 2. The largest absolute Gasteiger partial charge is 0.271 e. The van der Waals surface area contributed by atoms with Crippen molar-refractivity contribution in [2.24, 2.45) is 5.84 Å². The third-order valence-electron chi connectivity index (χ3n) is 2.99. The zero-order valence-corrected chi connectivity index (χ0v) is 10.2. The second-order valence-electron chi connectivity index (χ2n) is 4.28. The maximum absolute atomic E-state index is 12.8. The van der Waals surface area contributed by atoms with Crippen LogP contribution in [-0.2, 0) is 6.42 Å². The Morgan fingerprint density at radius 2 is 2.00 bits per heavy atom. The molecule has 1 aromatic carbocycles. The standard InChI is InChI=1S/C14H16FN3/c1-10-9-17-7-6-13(10)14(18-16)8-11-2-4-12(15)5-3-11/h2-7,9,14,18H,8,16H2,1H3. The van der Waals surface area contributed by atoms with E-state index in [4.69, 9.17) is 5.84 Å². The molecule has 1 unspecified atom stereocenters. The van der Waals surface area contributed by atoms with Gasteiger partial charge in [-0.2, -0.15) is 0 Å². The fraction of sp³-hybridized carbons (Fsp3) is 0.214. The van der Waals surface area contributed by atoms with Crippen LogP contribution in [0.15, 0.2) is 42.7 Å². The Kier molecular flexibility index (Phi) is 4.02. The normalized spacial score (nSPS) is 12.4. The molecule has 0 fully saturated rings. The zero-order valence-electron chi connectivity index (χ0n) is 10.2. The molecule has 2 aromatic rings. The molecule has 0 aliphatic rings. The van der Waals surface area contributed by atoms with Crippen molar-refractivity contribution in [3.63, 3.8) is 0 Å². The first kappa shape index (κ1) is 12.7. The van der Waals surface area contributed by atoms with Crippen molar-refractivity contribution < 1.29 is 4.39 Å². The van der Waals surface area contributed by atoms with E-state index in [0.717, 1.165) is 16.7 Å². The molecule has 1 atom stereocenters. The van der Waals surface area contributed by atoms with E-state index >= 15 is 0 Å². The van der Waals surface area contributed by atoms with Gasteiger partial charge in [-0.15, -0.1) is 0 Å². The van der Waals surface area contributed by atoms with Gasteiger partial charge in [0, 0.05) is 12.4 Å². The van der Waals surface area contributed by atoms with Gasteiger partial charge in [0.1, 0.15) is 5.82 Å². The Hall–Kier alpha value is -1.78. The van der Waals surface area contributed by atoms with Gasteiger partial charge in [-0.3, -0.25) is 16.3 Å². The molecule has 1 heterocycles. The second kappa shape index (κ2) is 5.71. The Bertz CT molecular complexity index is 511. The molecule has 0 bridgehead atoms. The first-order valence-electron chi connectivity index (χ1n) is 5.82. The van der Waals surface area contributed by atoms with Gasteiger partial charge >= 0.3 is 0 Å². The summed E-state index contributed by atoms with van der Waals surface area (Å²) >= 11 is 0. The summed E-state index contributed by atoms with van der Waals surface area (Å²) < 4.78 is 12.8. The maximum atomic E-state index is 12.8. The van der Waals surface area contributed by atoms with Gasteiger partial charge in [0.05, 0.1) is 6.04 Å². The molecule has 0 radical (unpaired) electrons. The van der Waals surface area contributed by atoms with E-state index in [0.29, 0.717) is 6.42 Å². The van der Waals surface area contributed by atoms with Crippen molar-refractivity contribution in [2.45, 2.75) is 19.4 Å². The molecule has 0 saturated heterocycles. The quantitative estimate of drug-likeness (QED) is 0.642. The molecule has 3 N–H and O–H groups in total. The highest BCUT2D eigenvalue weighted by atomic mass is 19.1. The monoisotopic (exact) mass is 245 g/mol. The first-order chi connectivity index (χ1) is 8.70. The van der Waals surface area contributed by atoms with Crippen LogP contribution < -0.4 is 11.3 Å². The number of halogens is 1. The van der Waals surface area contributed by atoms with Crippen LogP contribution in [0.3, 0.4) is 0 Å². The molecule has 0 spiro atoms. The van der Waals surface area contributed by atoms with E-state index in [1.165, 1.54) is 12.1 Å². The summed E-state index contributed by atoms with van der Waals surface area (Å²) in [5.41, 5.74) is 6.03. The Morgan fingerprint density at radius 3 is 2.61 bits per heavy atom. The lowest BCUT2D eigenvalue weighted by Crippen LogP contribution is -2.30. The van der Waals surface area contributed by atoms with Crippen molar-refractivity contribution >= 4 is 0 Å². The van der Waals surface area contributed by atoms with E-state index in [-0.39, 0.29) is 11.9 Å². The van der Waals surface area contributed by atoms with Crippen LogP contribution in [0.2, 0.25) is 0 Å². The van der Waals surface area contributed by atoms with Crippen molar-refractivity contribution in [3.8, 4) is 0 Å². The SMILES string of the molecule is Cc1cnccc1C(Cc1ccc(F)cc1)NN. The number of benzene rings is 1. The number of hydrogen-bond acceptors (Lipinski definition) is 3. The third-order valence-corrected chi connectivity index (χ3v) is 2.99. The Balaban J connectivity index is 2.20. The van der Waals surface area contributed by atoms with E-state index < -0.39 is 0 Å².